The number of carbonyl (C=O) groups excluding carboxylic acids is 1. The van der Waals surface area contributed by atoms with Gasteiger partial charge in [-0.05, 0) is 60.9 Å². The average molecular weight is 444 g/mol. The van der Waals surface area contributed by atoms with E-state index in [1.165, 1.54) is 5.56 Å². The molecule has 0 radical (unpaired) electrons. The first-order valence-corrected chi connectivity index (χ1v) is 11.0. The lowest BCUT2D eigenvalue weighted by Crippen LogP contribution is -2.25. The van der Waals surface area contributed by atoms with E-state index >= 15 is 0 Å². The maximum absolute atomic E-state index is 12.6. The van der Waals surface area contributed by atoms with Gasteiger partial charge >= 0.3 is 0 Å². The number of pyridine rings is 1. The van der Waals surface area contributed by atoms with Crippen LogP contribution in [0.5, 0.6) is 17.2 Å². The van der Waals surface area contributed by atoms with E-state index in [9.17, 15) is 4.79 Å². The Hall–Kier alpha value is -4.00. The molecule has 3 heterocycles. The van der Waals surface area contributed by atoms with Gasteiger partial charge in [-0.15, -0.1) is 0 Å². The summed E-state index contributed by atoms with van der Waals surface area (Å²) in [5, 5.41) is 2.97. The van der Waals surface area contributed by atoms with Gasteiger partial charge < -0.3 is 23.9 Å². The maximum atomic E-state index is 12.6. The van der Waals surface area contributed by atoms with Crippen molar-refractivity contribution < 1.29 is 19.0 Å². The molecule has 1 aliphatic heterocycles. The number of ether oxygens (including phenoxy) is 3. The first-order chi connectivity index (χ1) is 16.1. The molecule has 5 rings (SSSR count). The van der Waals surface area contributed by atoms with Gasteiger partial charge in [0, 0.05) is 24.5 Å². The SMILES string of the molecule is Cc1ccc2nc(COc3cccc(C(=O)NCCc4ccc5c(c4)OCCO5)c3)cn2c1. The molecule has 0 saturated carbocycles. The maximum Gasteiger partial charge on any atom is 0.251 e. The fourth-order valence-corrected chi connectivity index (χ4v) is 3.78. The third-order valence-electron chi connectivity index (χ3n) is 5.44. The molecule has 0 unspecified atom stereocenters. The summed E-state index contributed by atoms with van der Waals surface area (Å²) >= 11 is 0. The number of amides is 1. The minimum Gasteiger partial charge on any atom is -0.487 e. The van der Waals surface area contributed by atoms with Crippen molar-refractivity contribution in [2.24, 2.45) is 0 Å². The topological polar surface area (TPSA) is 74.1 Å². The molecule has 0 spiro atoms. The van der Waals surface area contributed by atoms with Crippen LogP contribution in [-0.2, 0) is 13.0 Å². The summed E-state index contributed by atoms with van der Waals surface area (Å²) < 4.78 is 19.0. The van der Waals surface area contributed by atoms with Gasteiger partial charge in [-0.3, -0.25) is 4.79 Å². The van der Waals surface area contributed by atoms with E-state index in [-0.39, 0.29) is 5.91 Å². The second kappa shape index (κ2) is 9.24. The van der Waals surface area contributed by atoms with Crippen molar-refractivity contribution in [3.63, 3.8) is 0 Å². The molecular formula is C26H25N3O4. The van der Waals surface area contributed by atoms with Crippen LogP contribution in [0.4, 0.5) is 0 Å². The Balaban J connectivity index is 1.15. The summed E-state index contributed by atoms with van der Waals surface area (Å²) in [5.74, 6) is 2.02. The molecule has 0 saturated heterocycles. The van der Waals surface area contributed by atoms with E-state index in [4.69, 9.17) is 14.2 Å². The summed E-state index contributed by atoms with van der Waals surface area (Å²) in [6.45, 7) is 4.02. The Kier molecular flexibility index (Phi) is 5.85. The molecule has 0 fully saturated rings. The zero-order valence-electron chi connectivity index (χ0n) is 18.4. The lowest BCUT2D eigenvalue weighted by molar-refractivity contribution is 0.0953. The van der Waals surface area contributed by atoms with Gasteiger partial charge in [0.2, 0.25) is 0 Å². The van der Waals surface area contributed by atoms with Crippen molar-refractivity contribution >= 4 is 11.6 Å². The summed E-state index contributed by atoms with van der Waals surface area (Å²) in [6, 6.07) is 17.1. The molecule has 7 heteroatoms. The van der Waals surface area contributed by atoms with Gasteiger partial charge in [0.15, 0.2) is 11.5 Å². The number of hydrogen-bond donors (Lipinski definition) is 1. The summed E-state index contributed by atoms with van der Waals surface area (Å²) in [4.78, 5) is 17.2. The number of carbonyl (C=O) groups is 1. The van der Waals surface area contributed by atoms with Crippen LogP contribution in [0.15, 0.2) is 67.0 Å². The van der Waals surface area contributed by atoms with E-state index in [0.29, 0.717) is 44.1 Å². The van der Waals surface area contributed by atoms with Gasteiger partial charge in [0.25, 0.3) is 5.91 Å². The van der Waals surface area contributed by atoms with Gasteiger partial charge in [0.1, 0.15) is 31.2 Å². The summed E-state index contributed by atoms with van der Waals surface area (Å²) in [6.07, 6.45) is 4.68. The minimum absolute atomic E-state index is 0.138. The Morgan fingerprint density at radius 2 is 1.94 bits per heavy atom. The highest BCUT2D eigenvalue weighted by atomic mass is 16.6. The van der Waals surface area contributed by atoms with Gasteiger partial charge in [-0.25, -0.2) is 4.98 Å². The molecule has 4 aromatic rings. The minimum atomic E-state index is -0.138. The molecule has 0 atom stereocenters. The van der Waals surface area contributed by atoms with Crippen LogP contribution in [0, 0.1) is 6.92 Å². The second-order valence-electron chi connectivity index (χ2n) is 8.00. The first kappa shape index (κ1) is 20.9. The zero-order valence-corrected chi connectivity index (χ0v) is 18.4. The molecule has 7 nitrogen and oxygen atoms in total. The van der Waals surface area contributed by atoms with Gasteiger partial charge in [-0.1, -0.05) is 18.2 Å². The largest absolute Gasteiger partial charge is 0.487 e. The highest BCUT2D eigenvalue weighted by Gasteiger charge is 2.12. The van der Waals surface area contributed by atoms with E-state index in [1.807, 2.05) is 66.2 Å². The number of aromatic nitrogens is 2. The monoisotopic (exact) mass is 443 g/mol. The van der Waals surface area contributed by atoms with Crippen LogP contribution in [0.2, 0.25) is 0 Å². The van der Waals surface area contributed by atoms with Crippen LogP contribution < -0.4 is 19.5 Å². The number of fused-ring (bicyclic) bond motifs is 2. The van der Waals surface area contributed by atoms with E-state index in [0.717, 1.165) is 28.4 Å². The Morgan fingerprint density at radius 1 is 1.06 bits per heavy atom. The lowest BCUT2D eigenvalue weighted by Gasteiger charge is -2.18. The molecule has 33 heavy (non-hydrogen) atoms. The molecule has 168 valence electrons. The number of aryl methyl sites for hydroxylation is 1. The molecular weight excluding hydrogens is 418 g/mol. The van der Waals surface area contributed by atoms with Crippen LogP contribution in [0.25, 0.3) is 5.65 Å². The van der Waals surface area contributed by atoms with Crippen LogP contribution in [0.1, 0.15) is 27.2 Å². The predicted octanol–water partition coefficient (Wildman–Crippen LogP) is 3.97. The molecule has 0 aliphatic carbocycles. The Morgan fingerprint density at radius 3 is 2.85 bits per heavy atom. The molecule has 0 bridgehead atoms. The second-order valence-corrected chi connectivity index (χ2v) is 8.00. The highest BCUT2D eigenvalue weighted by molar-refractivity contribution is 5.94. The fourth-order valence-electron chi connectivity index (χ4n) is 3.78. The summed E-state index contributed by atoms with van der Waals surface area (Å²) in [7, 11) is 0. The van der Waals surface area contributed by atoms with Gasteiger partial charge in [0.05, 0.1) is 5.69 Å². The molecule has 2 aromatic carbocycles. The van der Waals surface area contributed by atoms with E-state index in [2.05, 4.69) is 10.3 Å². The van der Waals surface area contributed by atoms with Crippen molar-refractivity contribution in [3.8, 4) is 17.2 Å². The van der Waals surface area contributed by atoms with Gasteiger partial charge in [-0.2, -0.15) is 0 Å². The fraction of sp³-hybridized carbons (Fsp3) is 0.231. The number of imidazole rings is 1. The molecule has 2 aromatic heterocycles. The van der Waals surface area contributed by atoms with Crippen molar-refractivity contribution in [3.05, 3.63) is 89.4 Å². The van der Waals surface area contributed by atoms with E-state index < -0.39 is 0 Å². The highest BCUT2D eigenvalue weighted by Crippen LogP contribution is 2.30. The third-order valence-corrected chi connectivity index (χ3v) is 5.44. The summed E-state index contributed by atoms with van der Waals surface area (Å²) in [5.41, 5.74) is 4.51. The number of benzene rings is 2. The van der Waals surface area contributed by atoms with E-state index in [1.54, 1.807) is 12.1 Å². The van der Waals surface area contributed by atoms with Crippen LogP contribution >= 0.6 is 0 Å². The molecule has 1 aliphatic rings. The third kappa shape index (κ3) is 4.92. The predicted molar refractivity (Wildman–Crippen MR) is 124 cm³/mol. The zero-order chi connectivity index (χ0) is 22.6. The molecule has 1 N–H and O–H groups in total. The average Bonchev–Trinajstić information content (AvgIpc) is 3.25. The quantitative estimate of drug-likeness (QED) is 0.468. The van der Waals surface area contributed by atoms with Crippen molar-refractivity contribution in [1.82, 2.24) is 14.7 Å². The smallest absolute Gasteiger partial charge is 0.251 e. The first-order valence-electron chi connectivity index (χ1n) is 11.0. The number of nitrogens with one attached hydrogen (secondary N) is 1. The van der Waals surface area contributed by atoms with Crippen LogP contribution in [-0.4, -0.2) is 35.1 Å². The van der Waals surface area contributed by atoms with Crippen LogP contribution in [0.3, 0.4) is 0 Å². The Labute approximate surface area is 191 Å². The lowest BCUT2D eigenvalue weighted by atomic mass is 10.1. The standard InChI is InChI=1S/C26H25N3O4/c1-18-5-8-25-28-21(16-29(25)15-18)17-33-22-4-2-3-20(14-22)26(30)27-10-9-19-6-7-23-24(13-19)32-12-11-31-23/h2-8,13-16H,9-12,17H2,1H3,(H,27,30). The number of nitrogens with zero attached hydrogens (tertiary/aromatic N) is 2. The number of rotatable bonds is 7. The Bertz CT molecular complexity index is 1300. The molecule has 1 amide bonds. The normalized spacial score (nSPS) is 12.5. The number of hydrogen-bond acceptors (Lipinski definition) is 5. The van der Waals surface area contributed by atoms with Crippen molar-refractivity contribution in [2.75, 3.05) is 19.8 Å². The van der Waals surface area contributed by atoms with Crippen molar-refractivity contribution in [2.45, 2.75) is 20.0 Å². The van der Waals surface area contributed by atoms with Crippen molar-refractivity contribution in [1.29, 1.82) is 0 Å².